The van der Waals surface area contributed by atoms with Crippen LogP contribution in [0.25, 0.3) is 0 Å². The van der Waals surface area contributed by atoms with Gasteiger partial charge in [-0.3, -0.25) is 4.79 Å². The molecule has 0 aliphatic carbocycles. The molecule has 0 fully saturated rings. The molecule has 19 heavy (non-hydrogen) atoms. The Morgan fingerprint density at radius 2 is 2.11 bits per heavy atom. The zero-order valence-electron chi connectivity index (χ0n) is 11.3. The maximum atomic E-state index is 12.1. The second-order valence-electron chi connectivity index (χ2n) is 4.66. The predicted octanol–water partition coefficient (Wildman–Crippen LogP) is 2.51. The van der Waals surface area contributed by atoms with Crippen molar-refractivity contribution in [3.05, 3.63) is 46.5 Å². The molecule has 0 bridgehead atoms. The largest absolute Gasteiger partial charge is 0.435 e. The van der Waals surface area contributed by atoms with Crippen LogP contribution in [0.1, 0.15) is 25.5 Å². The Balaban J connectivity index is 2.36. The third kappa shape index (κ3) is 2.76. The van der Waals surface area contributed by atoms with Gasteiger partial charge in [-0.25, -0.2) is 4.98 Å². The van der Waals surface area contributed by atoms with Crippen molar-refractivity contribution in [2.24, 2.45) is 0 Å². The second kappa shape index (κ2) is 5.14. The lowest BCUT2D eigenvalue weighted by atomic mass is 10.2. The first-order chi connectivity index (χ1) is 8.99. The molecule has 0 unspecified atom stereocenters. The Kier molecular flexibility index (Phi) is 3.55. The van der Waals surface area contributed by atoms with Gasteiger partial charge in [0.1, 0.15) is 5.75 Å². The molecule has 2 N–H and O–H groups in total. The molecule has 0 aliphatic rings. The summed E-state index contributed by atoms with van der Waals surface area (Å²) in [5.74, 6) is 0.623. The van der Waals surface area contributed by atoms with E-state index in [1.807, 2.05) is 20.8 Å². The lowest BCUT2D eigenvalue weighted by molar-refractivity contribution is 0.437. The van der Waals surface area contributed by atoms with Crippen molar-refractivity contribution in [3.8, 4) is 11.6 Å². The number of nitrogen functional groups attached to an aromatic ring is 1. The summed E-state index contributed by atoms with van der Waals surface area (Å²) >= 11 is 0. The van der Waals surface area contributed by atoms with Crippen molar-refractivity contribution < 1.29 is 4.74 Å². The molecule has 1 aromatic carbocycles. The normalized spacial score (nSPS) is 10.7. The number of hydrogen-bond acceptors (Lipinski definition) is 4. The Morgan fingerprint density at radius 3 is 2.74 bits per heavy atom. The van der Waals surface area contributed by atoms with E-state index in [0.717, 1.165) is 5.56 Å². The van der Waals surface area contributed by atoms with Crippen molar-refractivity contribution in [1.29, 1.82) is 0 Å². The van der Waals surface area contributed by atoms with E-state index in [9.17, 15) is 4.79 Å². The van der Waals surface area contributed by atoms with Crippen LogP contribution in [-0.2, 0) is 0 Å². The summed E-state index contributed by atoms with van der Waals surface area (Å²) in [5, 5.41) is 0. The zero-order chi connectivity index (χ0) is 14.0. The van der Waals surface area contributed by atoms with Gasteiger partial charge in [0.05, 0.1) is 0 Å². The highest BCUT2D eigenvalue weighted by molar-refractivity contribution is 5.50. The van der Waals surface area contributed by atoms with Crippen LogP contribution in [0.15, 0.2) is 35.4 Å². The van der Waals surface area contributed by atoms with Gasteiger partial charge in [-0.05, 0) is 44.5 Å². The Bertz CT molecular complexity index is 647. The Morgan fingerprint density at radius 1 is 1.37 bits per heavy atom. The first kappa shape index (κ1) is 13.1. The number of rotatable bonds is 3. The van der Waals surface area contributed by atoms with Crippen LogP contribution < -0.4 is 16.0 Å². The summed E-state index contributed by atoms with van der Waals surface area (Å²) in [4.78, 5) is 16.1. The minimum atomic E-state index is -0.244. The van der Waals surface area contributed by atoms with Crippen LogP contribution in [0, 0.1) is 6.92 Å². The number of aryl methyl sites for hydroxylation is 1. The van der Waals surface area contributed by atoms with Gasteiger partial charge in [0.25, 0.3) is 5.88 Å². The van der Waals surface area contributed by atoms with Crippen molar-refractivity contribution in [2.75, 3.05) is 5.73 Å². The zero-order valence-corrected chi connectivity index (χ0v) is 11.3. The van der Waals surface area contributed by atoms with Crippen molar-refractivity contribution >= 4 is 5.69 Å². The standard InChI is InChI=1S/C14H17N3O2/c1-9(2)17-7-6-16-13(14(17)18)19-11-4-5-12(15)10(3)8-11/h4-9H,15H2,1-3H3. The molecular formula is C14H17N3O2. The van der Waals surface area contributed by atoms with Gasteiger partial charge in [0.2, 0.25) is 0 Å². The van der Waals surface area contributed by atoms with E-state index in [1.54, 1.807) is 35.2 Å². The summed E-state index contributed by atoms with van der Waals surface area (Å²) in [6, 6.07) is 5.31. The van der Waals surface area contributed by atoms with E-state index in [1.165, 1.54) is 0 Å². The van der Waals surface area contributed by atoms with Crippen molar-refractivity contribution in [2.45, 2.75) is 26.8 Å². The average Bonchev–Trinajstić information content (AvgIpc) is 2.36. The Labute approximate surface area is 111 Å². The lowest BCUT2D eigenvalue weighted by Gasteiger charge is -2.11. The topological polar surface area (TPSA) is 70.1 Å². The molecule has 1 aromatic heterocycles. The summed E-state index contributed by atoms with van der Waals surface area (Å²) in [6.07, 6.45) is 3.20. The molecular weight excluding hydrogens is 242 g/mol. The minimum Gasteiger partial charge on any atom is -0.435 e. The number of anilines is 1. The van der Waals surface area contributed by atoms with Gasteiger partial charge in [-0.2, -0.15) is 0 Å². The van der Waals surface area contributed by atoms with Gasteiger partial charge >= 0.3 is 5.56 Å². The maximum Gasteiger partial charge on any atom is 0.313 e. The van der Waals surface area contributed by atoms with Crippen LogP contribution in [0.5, 0.6) is 11.6 Å². The molecule has 5 heteroatoms. The minimum absolute atomic E-state index is 0.0611. The van der Waals surface area contributed by atoms with Gasteiger partial charge < -0.3 is 15.0 Å². The number of nitrogens with zero attached hydrogens (tertiary/aromatic N) is 2. The average molecular weight is 259 g/mol. The van der Waals surface area contributed by atoms with Crippen LogP contribution in [0.2, 0.25) is 0 Å². The maximum absolute atomic E-state index is 12.1. The molecule has 2 aromatic rings. The van der Waals surface area contributed by atoms with Gasteiger partial charge in [0.15, 0.2) is 0 Å². The van der Waals surface area contributed by atoms with Gasteiger partial charge in [-0.1, -0.05) is 0 Å². The van der Waals surface area contributed by atoms with Crippen LogP contribution >= 0.6 is 0 Å². The molecule has 2 rings (SSSR count). The summed E-state index contributed by atoms with van der Waals surface area (Å²) in [6.45, 7) is 5.74. The fourth-order valence-corrected chi connectivity index (χ4v) is 1.71. The number of aromatic nitrogens is 2. The van der Waals surface area contributed by atoms with Gasteiger partial charge in [0, 0.05) is 24.1 Å². The first-order valence-corrected chi connectivity index (χ1v) is 6.10. The summed E-state index contributed by atoms with van der Waals surface area (Å²) in [5.41, 5.74) is 7.08. The predicted molar refractivity (Wildman–Crippen MR) is 74.5 cm³/mol. The number of benzene rings is 1. The van der Waals surface area contributed by atoms with E-state index in [0.29, 0.717) is 11.4 Å². The fourth-order valence-electron chi connectivity index (χ4n) is 1.71. The van der Waals surface area contributed by atoms with E-state index in [2.05, 4.69) is 4.98 Å². The quantitative estimate of drug-likeness (QED) is 0.860. The monoisotopic (exact) mass is 259 g/mol. The third-order valence-electron chi connectivity index (χ3n) is 2.85. The molecule has 1 heterocycles. The third-order valence-corrected chi connectivity index (χ3v) is 2.85. The molecule has 0 saturated carbocycles. The molecule has 100 valence electrons. The van der Waals surface area contributed by atoms with Crippen LogP contribution in [0.4, 0.5) is 5.69 Å². The SMILES string of the molecule is Cc1cc(Oc2nccn(C(C)C)c2=O)ccc1N. The van der Waals surface area contributed by atoms with Crippen LogP contribution in [-0.4, -0.2) is 9.55 Å². The molecule has 5 nitrogen and oxygen atoms in total. The molecule has 0 saturated heterocycles. The fraction of sp³-hybridized carbons (Fsp3) is 0.286. The van der Waals surface area contributed by atoms with Crippen molar-refractivity contribution in [1.82, 2.24) is 9.55 Å². The van der Waals surface area contributed by atoms with Crippen molar-refractivity contribution in [3.63, 3.8) is 0 Å². The molecule has 0 radical (unpaired) electrons. The molecule has 0 amide bonds. The highest BCUT2D eigenvalue weighted by Gasteiger charge is 2.09. The number of nitrogens with two attached hydrogens (primary N) is 1. The summed E-state index contributed by atoms with van der Waals surface area (Å²) in [7, 11) is 0. The van der Waals surface area contributed by atoms with Gasteiger partial charge in [-0.15, -0.1) is 0 Å². The van der Waals surface area contributed by atoms with E-state index >= 15 is 0 Å². The number of hydrogen-bond donors (Lipinski definition) is 1. The molecule has 0 atom stereocenters. The van der Waals surface area contributed by atoms with E-state index < -0.39 is 0 Å². The number of ether oxygens (including phenoxy) is 1. The van der Waals surface area contributed by atoms with Crippen LogP contribution in [0.3, 0.4) is 0 Å². The lowest BCUT2D eigenvalue weighted by Crippen LogP contribution is -2.23. The summed E-state index contributed by atoms with van der Waals surface area (Å²) < 4.78 is 7.11. The highest BCUT2D eigenvalue weighted by atomic mass is 16.5. The van der Waals surface area contributed by atoms with E-state index in [4.69, 9.17) is 10.5 Å². The smallest absolute Gasteiger partial charge is 0.313 e. The molecule has 0 spiro atoms. The second-order valence-corrected chi connectivity index (χ2v) is 4.66. The highest BCUT2D eigenvalue weighted by Crippen LogP contribution is 2.21. The first-order valence-electron chi connectivity index (χ1n) is 6.10. The molecule has 0 aliphatic heterocycles. The Hall–Kier alpha value is -2.30. The van der Waals surface area contributed by atoms with E-state index in [-0.39, 0.29) is 17.5 Å².